The van der Waals surface area contributed by atoms with Crippen molar-refractivity contribution >= 4 is 22.7 Å². The third-order valence-electron chi connectivity index (χ3n) is 7.04. The van der Waals surface area contributed by atoms with Gasteiger partial charge in [0.15, 0.2) is 0 Å². The van der Waals surface area contributed by atoms with Crippen LogP contribution in [0.25, 0.3) is 22.2 Å². The van der Waals surface area contributed by atoms with Crippen molar-refractivity contribution in [2.75, 3.05) is 0 Å². The van der Waals surface area contributed by atoms with Crippen molar-refractivity contribution in [1.29, 1.82) is 0 Å². The third kappa shape index (κ3) is 7.15. The molecule has 6 heteroatoms. The van der Waals surface area contributed by atoms with Gasteiger partial charge in [0.25, 0.3) is 0 Å². The molecule has 0 saturated carbocycles. The Morgan fingerprint density at radius 1 is 0.895 bits per heavy atom. The van der Waals surface area contributed by atoms with Crippen LogP contribution in [0.1, 0.15) is 76.4 Å². The Labute approximate surface area is 225 Å². The molecule has 0 unspecified atom stereocenters. The number of ketones is 1. The van der Waals surface area contributed by atoms with Gasteiger partial charge in [-0.05, 0) is 48.2 Å². The fourth-order valence-corrected chi connectivity index (χ4v) is 4.89. The Hall–Kier alpha value is -3.80. The Morgan fingerprint density at radius 2 is 1.68 bits per heavy atom. The topological polar surface area (TPSA) is 76.9 Å². The number of pyridine rings is 1. The lowest BCUT2D eigenvalue weighted by Gasteiger charge is -2.20. The van der Waals surface area contributed by atoms with Crippen molar-refractivity contribution in [1.82, 2.24) is 19.9 Å². The normalized spacial score (nSPS) is 11.9. The fourth-order valence-electron chi connectivity index (χ4n) is 4.89. The van der Waals surface area contributed by atoms with Crippen LogP contribution in [0.2, 0.25) is 0 Å². The molecule has 2 aromatic carbocycles. The van der Waals surface area contributed by atoms with Crippen molar-refractivity contribution in [2.24, 2.45) is 0 Å². The molecule has 2 aromatic heterocycles. The van der Waals surface area contributed by atoms with Crippen molar-refractivity contribution < 1.29 is 9.59 Å². The number of fused-ring (bicyclic) bond motifs is 1. The van der Waals surface area contributed by atoms with E-state index in [0.717, 1.165) is 65.8 Å². The van der Waals surface area contributed by atoms with Crippen LogP contribution >= 0.6 is 0 Å². The van der Waals surface area contributed by atoms with Gasteiger partial charge in [-0.3, -0.25) is 14.6 Å². The van der Waals surface area contributed by atoms with Crippen molar-refractivity contribution in [3.8, 4) is 11.1 Å². The maximum absolute atomic E-state index is 13.2. The van der Waals surface area contributed by atoms with Gasteiger partial charge >= 0.3 is 0 Å². The molecule has 0 aliphatic rings. The van der Waals surface area contributed by atoms with Crippen LogP contribution in [0.15, 0.2) is 72.9 Å². The summed E-state index contributed by atoms with van der Waals surface area (Å²) in [7, 11) is 0. The van der Waals surface area contributed by atoms with E-state index in [1.54, 1.807) is 0 Å². The zero-order chi connectivity index (χ0) is 26.7. The molecule has 6 nitrogen and oxygen atoms in total. The van der Waals surface area contributed by atoms with Gasteiger partial charge in [-0.25, -0.2) is 4.98 Å². The molecular formula is C32H38N4O2. The molecule has 1 atom stereocenters. The number of carbonyl (C=O) groups is 2. The lowest BCUT2D eigenvalue weighted by atomic mass is 9.99. The molecule has 38 heavy (non-hydrogen) atoms. The van der Waals surface area contributed by atoms with Crippen LogP contribution in [0.3, 0.4) is 0 Å². The molecule has 1 amide bonds. The SMILES string of the molecule is CCC(=O)CCCCC[C@H](NC(=O)CCn1c(CC)nc2ccccc21)c1cc(-c2ccccc2)ccn1. The van der Waals surface area contributed by atoms with Crippen molar-refractivity contribution in [3.63, 3.8) is 0 Å². The maximum atomic E-state index is 13.2. The number of para-hydroxylation sites is 2. The second kappa shape index (κ2) is 13.7. The van der Waals surface area contributed by atoms with Crippen LogP contribution < -0.4 is 5.32 Å². The number of nitrogens with one attached hydrogen (secondary N) is 1. The summed E-state index contributed by atoms with van der Waals surface area (Å²) in [5, 5.41) is 3.27. The summed E-state index contributed by atoms with van der Waals surface area (Å²) in [6, 6.07) is 22.2. The molecule has 198 valence electrons. The number of hydrogen-bond acceptors (Lipinski definition) is 4. The van der Waals surface area contributed by atoms with Gasteiger partial charge < -0.3 is 9.88 Å². The number of imidazole rings is 1. The second-order valence-corrected chi connectivity index (χ2v) is 9.72. The van der Waals surface area contributed by atoms with Crippen LogP contribution in [0, 0.1) is 0 Å². The number of amides is 1. The zero-order valence-electron chi connectivity index (χ0n) is 22.5. The highest BCUT2D eigenvalue weighted by Crippen LogP contribution is 2.25. The smallest absolute Gasteiger partial charge is 0.222 e. The van der Waals surface area contributed by atoms with E-state index in [1.807, 2.05) is 55.6 Å². The minimum Gasteiger partial charge on any atom is -0.348 e. The van der Waals surface area contributed by atoms with Crippen LogP contribution in [-0.4, -0.2) is 26.2 Å². The first kappa shape index (κ1) is 27.2. The number of hydrogen-bond donors (Lipinski definition) is 1. The Balaban J connectivity index is 1.46. The monoisotopic (exact) mass is 510 g/mol. The molecular weight excluding hydrogens is 472 g/mol. The lowest BCUT2D eigenvalue weighted by molar-refractivity contribution is -0.122. The van der Waals surface area contributed by atoms with E-state index >= 15 is 0 Å². The molecule has 0 aliphatic heterocycles. The summed E-state index contributed by atoms with van der Waals surface area (Å²) in [5.41, 5.74) is 5.10. The first-order valence-corrected chi connectivity index (χ1v) is 13.9. The van der Waals surface area contributed by atoms with E-state index in [-0.39, 0.29) is 11.9 Å². The average molecular weight is 511 g/mol. The van der Waals surface area contributed by atoms with E-state index in [4.69, 9.17) is 4.98 Å². The van der Waals surface area contributed by atoms with Gasteiger partial charge in [0.1, 0.15) is 11.6 Å². The molecule has 0 aliphatic carbocycles. The molecule has 0 fully saturated rings. The van der Waals surface area contributed by atoms with Gasteiger partial charge in [0.05, 0.1) is 22.8 Å². The minimum atomic E-state index is -0.182. The first-order valence-electron chi connectivity index (χ1n) is 13.9. The van der Waals surface area contributed by atoms with Gasteiger partial charge in [-0.1, -0.05) is 69.2 Å². The average Bonchev–Trinajstić information content (AvgIpc) is 3.33. The second-order valence-electron chi connectivity index (χ2n) is 9.72. The number of aryl methyl sites for hydroxylation is 2. The highest BCUT2D eigenvalue weighted by molar-refractivity contribution is 5.78. The summed E-state index contributed by atoms with van der Waals surface area (Å²) < 4.78 is 2.16. The predicted octanol–water partition coefficient (Wildman–Crippen LogP) is 6.84. The zero-order valence-corrected chi connectivity index (χ0v) is 22.5. The van der Waals surface area contributed by atoms with Gasteiger partial charge in [0, 0.05) is 38.4 Å². The highest BCUT2D eigenvalue weighted by Gasteiger charge is 2.18. The summed E-state index contributed by atoms with van der Waals surface area (Å²) in [5.74, 6) is 1.31. The predicted molar refractivity (Wildman–Crippen MR) is 153 cm³/mol. The maximum Gasteiger partial charge on any atom is 0.222 e. The van der Waals surface area contributed by atoms with Crippen molar-refractivity contribution in [2.45, 2.75) is 77.8 Å². The lowest BCUT2D eigenvalue weighted by Crippen LogP contribution is -2.30. The van der Waals surface area contributed by atoms with Crippen molar-refractivity contribution in [3.05, 3.63) is 84.4 Å². The minimum absolute atomic E-state index is 0.00269. The van der Waals surface area contributed by atoms with Gasteiger partial charge in [0.2, 0.25) is 5.91 Å². The quantitative estimate of drug-likeness (QED) is 0.188. The molecule has 4 rings (SSSR count). The molecule has 1 N–H and O–H groups in total. The molecule has 0 saturated heterocycles. The Morgan fingerprint density at radius 3 is 2.47 bits per heavy atom. The third-order valence-corrected chi connectivity index (χ3v) is 7.04. The number of rotatable bonds is 14. The van der Waals surface area contributed by atoms with E-state index in [1.165, 1.54) is 0 Å². The number of unbranched alkanes of at least 4 members (excludes halogenated alkanes) is 2. The summed E-state index contributed by atoms with van der Waals surface area (Å²) in [4.78, 5) is 34.3. The number of Topliss-reactive ketones (excluding diaryl/α,β-unsaturated/α-hetero) is 1. The summed E-state index contributed by atoms with van der Waals surface area (Å²) >= 11 is 0. The van der Waals surface area contributed by atoms with Gasteiger partial charge in [-0.15, -0.1) is 0 Å². The number of carbonyl (C=O) groups excluding carboxylic acids is 2. The molecule has 0 bridgehead atoms. The largest absolute Gasteiger partial charge is 0.348 e. The van der Waals surface area contributed by atoms with E-state index in [2.05, 4.69) is 46.1 Å². The highest BCUT2D eigenvalue weighted by atomic mass is 16.1. The molecule has 2 heterocycles. The van der Waals surface area contributed by atoms with Crippen LogP contribution in [-0.2, 0) is 22.6 Å². The Kier molecular flexibility index (Phi) is 9.79. The van der Waals surface area contributed by atoms with E-state index in [0.29, 0.717) is 31.6 Å². The number of benzene rings is 2. The van der Waals surface area contributed by atoms with E-state index < -0.39 is 0 Å². The molecule has 0 spiro atoms. The van der Waals surface area contributed by atoms with Gasteiger partial charge in [-0.2, -0.15) is 0 Å². The van der Waals surface area contributed by atoms with Crippen LogP contribution in [0.4, 0.5) is 0 Å². The standard InChI is InChI=1S/C32H38N4O2/c1-3-26(37)15-9-6-10-16-27(29-23-25(19-21-33-29)24-13-7-5-8-14-24)35-32(38)20-22-36-30-18-12-11-17-28(30)34-31(36)4-2/h5,7-8,11-14,17-19,21,23,27H,3-4,6,9-10,15-16,20,22H2,1-2H3,(H,35,38)/t27-/m0/s1. The number of aromatic nitrogens is 3. The Bertz CT molecular complexity index is 1350. The van der Waals surface area contributed by atoms with E-state index in [9.17, 15) is 9.59 Å². The number of nitrogens with zero attached hydrogens (tertiary/aromatic N) is 3. The van der Waals surface area contributed by atoms with Crippen LogP contribution in [0.5, 0.6) is 0 Å². The molecule has 4 aromatic rings. The first-order chi connectivity index (χ1) is 18.6. The summed E-state index contributed by atoms with van der Waals surface area (Å²) in [6.07, 6.45) is 7.78. The fraction of sp³-hybridized carbons (Fsp3) is 0.375. The molecule has 0 radical (unpaired) electrons. The summed E-state index contributed by atoms with van der Waals surface area (Å²) in [6.45, 7) is 4.58.